The molecule has 0 bridgehead atoms. The van der Waals surface area contributed by atoms with Crippen molar-refractivity contribution >= 4 is 16.9 Å². The van der Waals surface area contributed by atoms with E-state index in [9.17, 15) is 4.79 Å². The zero-order valence-electron chi connectivity index (χ0n) is 22.9. The lowest BCUT2D eigenvalue weighted by atomic mass is 10.0. The lowest BCUT2D eigenvalue weighted by Gasteiger charge is -2.30. The lowest BCUT2D eigenvalue weighted by Crippen LogP contribution is -2.36. The van der Waals surface area contributed by atoms with Gasteiger partial charge >= 0.3 is 0 Å². The van der Waals surface area contributed by atoms with Crippen molar-refractivity contribution in [3.8, 4) is 34.0 Å². The van der Waals surface area contributed by atoms with E-state index in [1.165, 1.54) is 12.8 Å². The van der Waals surface area contributed by atoms with E-state index in [4.69, 9.17) is 19.4 Å². The summed E-state index contributed by atoms with van der Waals surface area (Å²) >= 11 is 0. The first kappa shape index (κ1) is 26.6. The molecule has 1 saturated heterocycles. The van der Waals surface area contributed by atoms with Crippen molar-refractivity contribution in [2.24, 2.45) is 5.92 Å². The Bertz CT molecular complexity index is 1420. The van der Waals surface area contributed by atoms with Gasteiger partial charge in [-0.25, -0.2) is 9.97 Å². The molecule has 3 aromatic carbocycles. The average Bonchev–Trinajstić information content (AvgIpc) is 2.98. The smallest absolute Gasteiger partial charge is 0.251 e. The van der Waals surface area contributed by atoms with Crippen LogP contribution < -0.4 is 14.8 Å². The van der Waals surface area contributed by atoms with Crippen LogP contribution in [0.3, 0.4) is 0 Å². The molecule has 1 N–H and O–H groups in total. The van der Waals surface area contributed by atoms with Gasteiger partial charge in [0.15, 0.2) is 0 Å². The average molecular weight is 525 g/mol. The minimum Gasteiger partial charge on any atom is -0.497 e. The summed E-state index contributed by atoms with van der Waals surface area (Å²) in [6.07, 6.45) is 3.53. The van der Waals surface area contributed by atoms with Gasteiger partial charge in [-0.1, -0.05) is 6.92 Å². The van der Waals surface area contributed by atoms with Crippen molar-refractivity contribution in [2.75, 3.05) is 40.4 Å². The molecule has 1 aliphatic heterocycles. The summed E-state index contributed by atoms with van der Waals surface area (Å²) in [4.78, 5) is 25.5. The molecule has 2 heterocycles. The Morgan fingerprint density at radius 1 is 0.897 bits per heavy atom. The van der Waals surface area contributed by atoms with Crippen molar-refractivity contribution in [1.29, 1.82) is 0 Å². The standard InChI is InChI=1S/C32H36N4O3/c1-22-6-4-18-36(21-22)19-5-17-33-32(37)25-11-16-28-29(20-25)35-31(24-9-14-27(39-3)15-10-24)30(34-28)23-7-12-26(38-2)13-8-23/h7-16,20,22H,4-6,17-19,21H2,1-3H3,(H,33,37). The highest BCUT2D eigenvalue weighted by molar-refractivity contribution is 5.98. The number of benzene rings is 3. The number of hydrogen-bond acceptors (Lipinski definition) is 6. The molecule has 7 heteroatoms. The van der Waals surface area contributed by atoms with Crippen molar-refractivity contribution in [3.05, 3.63) is 72.3 Å². The molecule has 4 aromatic rings. The number of piperidine rings is 1. The van der Waals surface area contributed by atoms with Gasteiger partial charge in [0.05, 0.1) is 36.6 Å². The number of likely N-dealkylation sites (tertiary alicyclic amines) is 1. The van der Waals surface area contributed by atoms with Crippen LogP contribution in [0.2, 0.25) is 0 Å². The summed E-state index contributed by atoms with van der Waals surface area (Å²) in [6.45, 7) is 6.31. The fourth-order valence-corrected chi connectivity index (χ4v) is 5.19. The number of hydrogen-bond donors (Lipinski definition) is 1. The van der Waals surface area contributed by atoms with E-state index >= 15 is 0 Å². The monoisotopic (exact) mass is 524 g/mol. The summed E-state index contributed by atoms with van der Waals surface area (Å²) in [5, 5.41) is 3.08. The van der Waals surface area contributed by atoms with Gasteiger partial charge in [-0.05, 0) is 105 Å². The molecule has 1 aliphatic rings. The van der Waals surface area contributed by atoms with Gasteiger partial charge in [0.1, 0.15) is 11.5 Å². The molecule has 1 unspecified atom stereocenters. The third-order valence-electron chi connectivity index (χ3n) is 7.33. The lowest BCUT2D eigenvalue weighted by molar-refractivity contribution is 0.0950. The van der Waals surface area contributed by atoms with Crippen LogP contribution in [0, 0.1) is 5.92 Å². The van der Waals surface area contributed by atoms with Crippen molar-refractivity contribution < 1.29 is 14.3 Å². The molecule has 0 spiro atoms. The summed E-state index contributed by atoms with van der Waals surface area (Å²) < 4.78 is 10.7. The maximum absolute atomic E-state index is 13.0. The van der Waals surface area contributed by atoms with Crippen molar-refractivity contribution in [2.45, 2.75) is 26.2 Å². The number of aromatic nitrogens is 2. The number of carbonyl (C=O) groups excluding carboxylic acids is 1. The largest absolute Gasteiger partial charge is 0.497 e. The molecule has 39 heavy (non-hydrogen) atoms. The number of rotatable bonds is 9. The molecule has 0 saturated carbocycles. The van der Waals surface area contributed by atoms with Gasteiger partial charge in [-0.3, -0.25) is 4.79 Å². The van der Waals surface area contributed by atoms with Crippen LogP contribution in [-0.4, -0.2) is 61.2 Å². The highest BCUT2D eigenvalue weighted by Crippen LogP contribution is 2.33. The number of ether oxygens (including phenoxy) is 2. The molecule has 1 amide bonds. The van der Waals surface area contributed by atoms with E-state index in [0.717, 1.165) is 71.5 Å². The predicted octanol–water partition coefficient (Wildman–Crippen LogP) is 5.83. The summed E-state index contributed by atoms with van der Waals surface area (Å²) in [6, 6.07) is 21.1. The van der Waals surface area contributed by atoms with Crippen LogP contribution in [0.1, 0.15) is 36.5 Å². The van der Waals surface area contributed by atoms with Crippen molar-refractivity contribution in [3.63, 3.8) is 0 Å². The Labute approximate surface area is 230 Å². The van der Waals surface area contributed by atoms with Crippen LogP contribution in [0.25, 0.3) is 33.5 Å². The zero-order chi connectivity index (χ0) is 27.2. The SMILES string of the molecule is COc1ccc(-c2nc3ccc(C(=O)NCCCN4CCCC(C)C4)cc3nc2-c2ccc(OC)cc2)cc1. The van der Waals surface area contributed by atoms with Gasteiger partial charge in [-0.2, -0.15) is 0 Å². The number of amides is 1. The number of methoxy groups -OCH3 is 2. The van der Waals surface area contributed by atoms with Gasteiger partial charge in [0.2, 0.25) is 0 Å². The van der Waals surface area contributed by atoms with Crippen LogP contribution in [0.4, 0.5) is 0 Å². The topological polar surface area (TPSA) is 76.6 Å². The molecule has 0 radical (unpaired) electrons. The highest BCUT2D eigenvalue weighted by atomic mass is 16.5. The van der Waals surface area contributed by atoms with E-state index in [0.29, 0.717) is 17.6 Å². The number of nitrogens with one attached hydrogen (secondary N) is 1. The van der Waals surface area contributed by atoms with Crippen LogP contribution in [0.5, 0.6) is 11.5 Å². The van der Waals surface area contributed by atoms with Crippen LogP contribution >= 0.6 is 0 Å². The molecule has 5 rings (SSSR count). The second kappa shape index (κ2) is 12.3. The zero-order valence-corrected chi connectivity index (χ0v) is 22.9. The van der Waals surface area contributed by atoms with E-state index in [2.05, 4.69) is 17.1 Å². The fourth-order valence-electron chi connectivity index (χ4n) is 5.19. The normalized spacial score (nSPS) is 15.7. The molecule has 0 aliphatic carbocycles. The van der Waals surface area contributed by atoms with Crippen LogP contribution in [-0.2, 0) is 0 Å². The van der Waals surface area contributed by atoms with E-state index in [1.54, 1.807) is 14.2 Å². The second-order valence-corrected chi connectivity index (χ2v) is 10.2. The molecule has 202 valence electrons. The van der Waals surface area contributed by atoms with E-state index < -0.39 is 0 Å². The quantitative estimate of drug-likeness (QED) is 0.278. The Hall–Kier alpha value is -3.97. The van der Waals surface area contributed by atoms with Gasteiger partial charge in [0, 0.05) is 29.8 Å². The van der Waals surface area contributed by atoms with E-state index in [1.807, 2.05) is 66.7 Å². The maximum atomic E-state index is 13.0. The summed E-state index contributed by atoms with van der Waals surface area (Å²) in [5.74, 6) is 2.22. The van der Waals surface area contributed by atoms with Crippen LogP contribution in [0.15, 0.2) is 66.7 Å². The molecular weight excluding hydrogens is 488 g/mol. The third-order valence-corrected chi connectivity index (χ3v) is 7.33. The first-order chi connectivity index (χ1) is 19.0. The Kier molecular flexibility index (Phi) is 8.37. The molecule has 1 fully saturated rings. The summed E-state index contributed by atoms with van der Waals surface area (Å²) in [5.41, 5.74) is 5.34. The third kappa shape index (κ3) is 6.37. The fraction of sp³-hybridized carbons (Fsp3) is 0.344. The van der Waals surface area contributed by atoms with Crippen molar-refractivity contribution in [1.82, 2.24) is 20.2 Å². The van der Waals surface area contributed by atoms with Gasteiger partial charge in [-0.15, -0.1) is 0 Å². The minimum atomic E-state index is -0.0871. The highest BCUT2D eigenvalue weighted by Gasteiger charge is 2.17. The van der Waals surface area contributed by atoms with Gasteiger partial charge < -0.3 is 19.7 Å². The molecule has 7 nitrogen and oxygen atoms in total. The van der Waals surface area contributed by atoms with E-state index in [-0.39, 0.29) is 5.91 Å². The first-order valence-corrected chi connectivity index (χ1v) is 13.7. The number of fused-ring (bicyclic) bond motifs is 1. The number of carbonyl (C=O) groups is 1. The molecule has 1 atom stereocenters. The Morgan fingerprint density at radius 3 is 2.10 bits per heavy atom. The summed E-state index contributed by atoms with van der Waals surface area (Å²) in [7, 11) is 3.30. The Morgan fingerprint density at radius 2 is 1.51 bits per heavy atom. The van der Waals surface area contributed by atoms with Gasteiger partial charge in [0.25, 0.3) is 5.91 Å². The predicted molar refractivity (Wildman–Crippen MR) is 155 cm³/mol. The number of nitrogens with zero attached hydrogens (tertiary/aromatic N) is 3. The molecular formula is C32H36N4O3. The Balaban J connectivity index is 1.38. The maximum Gasteiger partial charge on any atom is 0.251 e. The minimum absolute atomic E-state index is 0.0871. The second-order valence-electron chi connectivity index (χ2n) is 10.2. The first-order valence-electron chi connectivity index (χ1n) is 13.7. The molecule has 1 aromatic heterocycles.